The van der Waals surface area contributed by atoms with E-state index >= 15 is 0 Å². The van der Waals surface area contributed by atoms with E-state index in [1.165, 1.54) is 6.42 Å². The van der Waals surface area contributed by atoms with Gasteiger partial charge in [0.25, 0.3) is 0 Å². The highest BCUT2D eigenvalue weighted by Crippen LogP contribution is 2.20. The van der Waals surface area contributed by atoms with Crippen LogP contribution in [-0.4, -0.2) is 35.4 Å². The Morgan fingerprint density at radius 2 is 2.42 bits per heavy atom. The third-order valence-electron chi connectivity index (χ3n) is 3.91. The number of rotatable bonds is 4. The number of hydrogen-bond donors (Lipinski definition) is 1. The highest BCUT2D eigenvalue weighted by molar-refractivity contribution is 5.81. The number of nitrogens with zero attached hydrogens (tertiary/aromatic N) is 2. The van der Waals surface area contributed by atoms with Crippen LogP contribution in [-0.2, 0) is 11.3 Å². The molecule has 2 unspecified atom stereocenters. The van der Waals surface area contributed by atoms with E-state index < -0.39 is 0 Å². The summed E-state index contributed by atoms with van der Waals surface area (Å²) in [7, 11) is 1.87. The Morgan fingerprint density at radius 3 is 3.11 bits per heavy atom. The summed E-state index contributed by atoms with van der Waals surface area (Å²) in [6, 6.07) is 3.89. The molecular weight excluding hydrogens is 238 g/mol. The zero-order valence-corrected chi connectivity index (χ0v) is 11.8. The van der Waals surface area contributed by atoms with Gasteiger partial charge in [-0.3, -0.25) is 9.78 Å². The second-order valence-electron chi connectivity index (χ2n) is 5.36. The summed E-state index contributed by atoms with van der Waals surface area (Å²) < 4.78 is 0. The Labute approximate surface area is 115 Å². The van der Waals surface area contributed by atoms with Crippen LogP contribution in [0.25, 0.3) is 0 Å². The molecule has 0 aromatic carbocycles. The van der Waals surface area contributed by atoms with E-state index in [2.05, 4.69) is 17.2 Å². The van der Waals surface area contributed by atoms with Crippen molar-refractivity contribution in [2.24, 2.45) is 5.92 Å². The normalized spacial score (nSPS) is 23.1. The summed E-state index contributed by atoms with van der Waals surface area (Å²) in [5.74, 6) is 0.879. The molecule has 0 aliphatic carbocycles. The van der Waals surface area contributed by atoms with E-state index in [1.807, 2.05) is 25.4 Å². The van der Waals surface area contributed by atoms with Gasteiger partial charge in [0.15, 0.2) is 0 Å². The van der Waals surface area contributed by atoms with Crippen LogP contribution < -0.4 is 5.32 Å². The Morgan fingerprint density at radius 1 is 1.58 bits per heavy atom. The number of carbonyl (C=O) groups excluding carboxylic acids is 1. The van der Waals surface area contributed by atoms with E-state index in [0.717, 1.165) is 24.9 Å². The second-order valence-corrected chi connectivity index (χ2v) is 5.36. The molecule has 104 valence electrons. The lowest BCUT2D eigenvalue weighted by Gasteiger charge is -2.31. The Bertz CT molecular complexity index is 407. The van der Waals surface area contributed by atoms with Gasteiger partial charge >= 0.3 is 0 Å². The molecule has 19 heavy (non-hydrogen) atoms. The highest BCUT2D eigenvalue weighted by Gasteiger charge is 2.27. The molecule has 4 nitrogen and oxygen atoms in total. The van der Waals surface area contributed by atoms with Crippen LogP contribution in [0.3, 0.4) is 0 Å². The molecule has 1 amide bonds. The molecule has 1 saturated heterocycles. The molecule has 2 atom stereocenters. The van der Waals surface area contributed by atoms with Crippen molar-refractivity contribution in [2.75, 3.05) is 13.6 Å². The number of nitrogens with one attached hydrogen (secondary N) is 1. The predicted molar refractivity (Wildman–Crippen MR) is 75.5 cm³/mol. The molecule has 0 spiro atoms. The van der Waals surface area contributed by atoms with Crippen molar-refractivity contribution in [3.8, 4) is 0 Å². The quantitative estimate of drug-likeness (QED) is 0.899. The summed E-state index contributed by atoms with van der Waals surface area (Å²) in [6.45, 7) is 3.79. The molecule has 2 heterocycles. The first-order valence-corrected chi connectivity index (χ1v) is 7.08. The van der Waals surface area contributed by atoms with Gasteiger partial charge in [0.1, 0.15) is 0 Å². The lowest BCUT2D eigenvalue weighted by molar-refractivity contribution is -0.133. The Kier molecular flexibility index (Phi) is 4.91. The van der Waals surface area contributed by atoms with Crippen LogP contribution >= 0.6 is 0 Å². The molecular formula is C15H23N3O. The molecule has 1 aliphatic rings. The van der Waals surface area contributed by atoms with Crippen LogP contribution in [0.1, 0.15) is 31.7 Å². The van der Waals surface area contributed by atoms with Gasteiger partial charge in [0, 0.05) is 26.0 Å². The summed E-state index contributed by atoms with van der Waals surface area (Å²) in [5, 5.41) is 3.34. The number of piperidine rings is 1. The number of aromatic nitrogens is 1. The monoisotopic (exact) mass is 261 g/mol. The Hall–Kier alpha value is -1.42. The molecule has 0 bridgehead atoms. The molecule has 1 aromatic heterocycles. The molecule has 1 aliphatic heterocycles. The molecule has 1 aromatic rings. The summed E-state index contributed by atoms with van der Waals surface area (Å²) >= 11 is 0. The van der Waals surface area contributed by atoms with Crippen molar-refractivity contribution in [1.29, 1.82) is 0 Å². The molecule has 1 fully saturated rings. The van der Waals surface area contributed by atoms with Gasteiger partial charge in [0.05, 0.1) is 6.04 Å². The van der Waals surface area contributed by atoms with Crippen molar-refractivity contribution in [3.63, 3.8) is 0 Å². The summed E-state index contributed by atoms with van der Waals surface area (Å²) in [6.07, 6.45) is 6.88. The molecule has 4 heteroatoms. The van der Waals surface area contributed by atoms with Crippen LogP contribution in [0.15, 0.2) is 24.5 Å². The van der Waals surface area contributed by atoms with E-state index in [-0.39, 0.29) is 11.9 Å². The van der Waals surface area contributed by atoms with E-state index in [0.29, 0.717) is 12.5 Å². The van der Waals surface area contributed by atoms with Gasteiger partial charge in [-0.25, -0.2) is 0 Å². The average molecular weight is 261 g/mol. The summed E-state index contributed by atoms with van der Waals surface area (Å²) in [5.41, 5.74) is 1.07. The van der Waals surface area contributed by atoms with Crippen LogP contribution in [0, 0.1) is 5.92 Å². The minimum absolute atomic E-state index is 0.0135. The van der Waals surface area contributed by atoms with Crippen molar-refractivity contribution in [1.82, 2.24) is 15.2 Å². The van der Waals surface area contributed by atoms with Gasteiger partial charge in [-0.2, -0.15) is 0 Å². The number of likely N-dealkylation sites (N-methyl/N-ethyl adjacent to an activating group) is 1. The fraction of sp³-hybridized carbons (Fsp3) is 0.600. The number of carbonyl (C=O) groups is 1. The SMILES string of the molecule is CCC1CCNC(C(=O)N(C)Cc2cccnc2)C1. The average Bonchev–Trinajstić information content (AvgIpc) is 2.47. The molecule has 0 radical (unpaired) electrons. The largest absolute Gasteiger partial charge is 0.340 e. The first-order valence-electron chi connectivity index (χ1n) is 7.08. The lowest BCUT2D eigenvalue weighted by Crippen LogP contribution is -2.49. The van der Waals surface area contributed by atoms with Gasteiger partial charge in [-0.05, 0) is 36.9 Å². The fourth-order valence-corrected chi connectivity index (χ4v) is 2.66. The first-order chi connectivity index (χ1) is 9.20. The zero-order chi connectivity index (χ0) is 13.7. The lowest BCUT2D eigenvalue weighted by atomic mass is 9.90. The van der Waals surface area contributed by atoms with Crippen LogP contribution in [0.2, 0.25) is 0 Å². The number of pyridine rings is 1. The fourth-order valence-electron chi connectivity index (χ4n) is 2.66. The maximum absolute atomic E-state index is 12.4. The maximum Gasteiger partial charge on any atom is 0.239 e. The van der Waals surface area contributed by atoms with Crippen LogP contribution in [0.4, 0.5) is 0 Å². The first kappa shape index (κ1) is 14.0. The second kappa shape index (κ2) is 6.66. The molecule has 0 saturated carbocycles. The standard InChI is InChI=1S/C15H23N3O/c1-3-12-6-8-17-14(9-12)15(19)18(2)11-13-5-4-7-16-10-13/h4-5,7,10,12,14,17H,3,6,8-9,11H2,1-2H3. The third kappa shape index (κ3) is 3.77. The Balaban J connectivity index is 1.91. The van der Waals surface area contributed by atoms with Gasteiger partial charge < -0.3 is 10.2 Å². The summed E-state index contributed by atoms with van der Waals surface area (Å²) in [4.78, 5) is 18.3. The van der Waals surface area contributed by atoms with Gasteiger partial charge in [-0.15, -0.1) is 0 Å². The highest BCUT2D eigenvalue weighted by atomic mass is 16.2. The van der Waals surface area contributed by atoms with E-state index in [1.54, 1.807) is 11.1 Å². The molecule has 2 rings (SSSR count). The van der Waals surface area contributed by atoms with E-state index in [4.69, 9.17) is 0 Å². The minimum atomic E-state index is -0.0135. The molecule has 1 N–H and O–H groups in total. The van der Waals surface area contributed by atoms with Gasteiger partial charge in [0.2, 0.25) is 5.91 Å². The van der Waals surface area contributed by atoms with Crippen molar-refractivity contribution < 1.29 is 4.79 Å². The topological polar surface area (TPSA) is 45.2 Å². The number of amides is 1. The third-order valence-corrected chi connectivity index (χ3v) is 3.91. The number of hydrogen-bond acceptors (Lipinski definition) is 3. The maximum atomic E-state index is 12.4. The zero-order valence-electron chi connectivity index (χ0n) is 11.8. The van der Waals surface area contributed by atoms with Crippen molar-refractivity contribution >= 4 is 5.91 Å². The predicted octanol–water partition coefficient (Wildman–Crippen LogP) is 1.82. The van der Waals surface area contributed by atoms with Crippen molar-refractivity contribution in [2.45, 2.75) is 38.8 Å². The minimum Gasteiger partial charge on any atom is -0.340 e. The van der Waals surface area contributed by atoms with E-state index in [9.17, 15) is 4.79 Å². The van der Waals surface area contributed by atoms with Crippen LogP contribution in [0.5, 0.6) is 0 Å². The smallest absolute Gasteiger partial charge is 0.239 e. The van der Waals surface area contributed by atoms with Crippen molar-refractivity contribution in [3.05, 3.63) is 30.1 Å². The van der Waals surface area contributed by atoms with Gasteiger partial charge in [-0.1, -0.05) is 19.4 Å².